The number of ether oxygens (including phenoxy) is 1. The Morgan fingerprint density at radius 2 is 2.03 bits per heavy atom. The van der Waals surface area contributed by atoms with Crippen LogP contribution in [0.2, 0.25) is 0 Å². The van der Waals surface area contributed by atoms with Crippen molar-refractivity contribution in [2.24, 2.45) is 0 Å². The first-order valence-electron chi connectivity index (χ1n) is 9.36. The summed E-state index contributed by atoms with van der Waals surface area (Å²) >= 11 is 2.73. The molecular formula is C23H17FN2O2S2. The molecule has 1 amide bonds. The first-order valence-corrected chi connectivity index (χ1v) is 11.1. The molecule has 0 aliphatic carbocycles. The maximum atomic E-state index is 14.2. The Balaban J connectivity index is 1.44. The average Bonchev–Trinajstić information content (AvgIpc) is 3.34. The van der Waals surface area contributed by atoms with Gasteiger partial charge in [0.2, 0.25) is 0 Å². The Labute approximate surface area is 180 Å². The SMILES string of the molecule is CC1(C)C=Cc2cc(F)cc(-c3csc(NC(=O)c4cc5ccccc5s4)n3)c2O1. The van der Waals surface area contributed by atoms with Crippen LogP contribution in [0.15, 0.2) is 53.9 Å². The molecule has 0 bridgehead atoms. The molecule has 4 nitrogen and oxygen atoms in total. The molecular weight excluding hydrogens is 419 g/mol. The van der Waals surface area contributed by atoms with Crippen molar-refractivity contribution in [3.8, 4) is 17.0 Å². The third-order valence-corrected chi connectivity index (χ3v) is 6.63. The number of carbonyl (C=O) groups excluding carboxylic acids is 1. The number of aromatic nitrogens is 1. The fraction of sp³-hybridized carbons (Fsp3) is 0.130. The molecule has 150 valence electrons. The fourth-order valence-corrected chi connectivity index (χ4v) is 5.00. The van der Waals surface area contributed by atoms with E-state index in [1.165, 1.54) is 34.8 Å². The second-order valence-electron chi connectivity index (χ2n) is 7.55. The summed E-state index contributed by atoms with van der Waals surface area (Å²) in [5.74, 6) is 0.0239. The number of rotatable bonds is 3. The highest BCUT2D eigenvalue weighted by Gasteiger charge is 2.26. The van der Waals surface area contributed by atoms with Crippen LogP contribution in [-0.2, 0) is 0 Å². The molecule has 30 heavy (non-hydrogen) atoms. The first kappa shape index (κ1) is 19.0. The van der Waals surface area contributed by atoms with Crippen LogP contribution in [0.4, 0.5) is 9.52 Å². The van der Waals surface area contributed by atoms with Gasteiger partial charge in [-0.1, -0.05) is 24.3 Å². The minimum Gasteiger partial charge on any atom is -0.482 e. The highest BCUT2D eigenvalue weighted by molar-refractivity contribution is 7.21. The second-order valence-corrected chi connectivity index (χ2v) is 9.49. The number of anilines is 1. The molecule has 0 radical (unpaired) electrons. The Morgan fingerprint density at radius 3 is 2.87 bits per heavy atom. The number of thiazole rings is 1. The van der Waals surface area contributed by atoms with Gasteiger partial charge < -0.3 is 4.74 Å². The summed E-state index contributed by atoms with van der Waals surface area (Å²) in [6.07, 6.45) is 3.76. The smallest absolute Gasteiger partial charge is 0.267 e. The van der Waals surface area contributed by atoms with Crippen molar-refractivity contribution in [2.75, 3.05) is 5.32 Å². The van der Waals surface area contributed by atoms with Crippen molar-refractivity contribution in [1.29, 1.82) is 0 Å². The zero-order valence-electron chi connectivity index (χ0n) is 16.2. The maximum absolute atomic E-state index is 14.2. The summed E-state index contributed by atoms with van der Waals surface area (Å²) in [6.45, 7) is 3.88. The lowest BCUT2D eigenvalue weighted by Crippen LogP contribution is -2.27. The summed E-state index contributed by atoms with van der Waals surface area (Å²) in [4.78, 5) is 17.8. The molecule has 2 aromatic heterocycles. The lowest BCUT2D eigenvalue weighted by molar-refractivity contribution is 0.103. The number of benzene rings is 2. The third kappa shape index (κ3) is 3.51. The lowest BCUT2D eigenvalue weighted by Gasteiger charge is -2.29. The number of carbonyl (C=O) groups is 1. The molecule has 0 atom stereocenters. The third-order valence-electron chi connectivity index (χ3n) is 4.76. The quantitative estimate of drug-likeness (QED) is 0.394. The van der Waals surface area contributed by atoms with E-state index in [9.17, 15) is 9.18 Å². The van der Waals surface area contributed by atoms with Crippen LogP contribution < -0.4 is 10.1 Å². The predicted octanol–water partition coefficient (Wildman–Crippen LogP) is 6.60. The Bertz CT molecular complexity index is 1290. The van der Waals surface area contributed by atoms with Gasteiger partial charge in [-0.25, -0.2) is 9.37 Å². The topological polar surface area (TPSA) is 51.2 Å². The summed E-state index contributed by atoms with van der Waals surface area (Å²) in [5.41, 5.74) is 1.32. The van der Waals surface area contributed by atoms with Gasteiger partial charge in [0.15, 0.2) is 5.13 Å². The van der Waals surface area contributed by atoms with E-state index in [1.54, 1.807) is 5.38 Å². The Hall–Kier alpha value is -3.03. The number of nitrogens with zero attached hydrogens (tertiary/aromatic N) is 1. The molecule has 0 spiro atoms. The van der Waals surface area contributed by atoms with Gasteiger partial charge in [-0.2, -0.15) is 0 Å². The van der Waals surface area contributed by atoms with Crippen molar-refractivity contribution in [1.82, 2.24) is 4.98 Å². The molecule has 7 heteroatoms. The first-order chi connectivity index (χ1) is 14.4. The minimum atomic E-state index is -0.492. The van der Waals surface area contributed by atoms with Crippen molar-refractivity contribution in [2.45, 2.75) is 19.4 Å². The lowest BCUT2D eigenvalue weighted by atomic mass is 9.98. The van der Waals surface area contributed by atoms with Gasteiger partial charge in [0, 0.05) is 21.2 Å². The Kier molecular flexibility index (Phi) is 4.45. The van der Waals surface area contributed by atoms with E-state index in [2.05, 4.69) is 10.3 Å². The van der Waals surface area contributed by atoms with E-state index in [0.29, 0.717) is 32.6 Å². The largest absolute Gasteiger partial charge is 0.482 e. The molecule has 5 rings (SSSR count). The number of hydrogen-bond donors (Lipinski definition) is 1. The van der Waals surface area contributed by atoms with Crippen LogP contribution in [0.5, 0.6) is 5.75 Å². The summed E-state index contributed by atoms with van der Waals surface area (Å²) in [5, 5.41) is 6.14. The molecule has 0 saturated heterocycles. The molecule has 1 N–H and O–H groups in total. The second kappa shape index (κ2) is 7.04. The van der Waals surface area contributed by atoms with E-state index in [4.69, 9.17) is 4.74 Å². The molecule has 0 saturated carbocycles. The molecule has 1 aliphatic heterocycles. The van der Waals surface area contributed by atoms with E-state index in [1.807, 2.05) is 56.3 Å². The maximum Gasteiger partial charge on any atom is 0.267 e. The van der Waals surface area contributed by atoms with Crippen molar-refractivity contribution in [3.63, 3.8) is 0 Å². The van der Waals surface area contributed by atoms with Crippen LogP contribution in [0.3, 0.4) is 0 Å². The number of amides is 1. The molecule has 0 fully saturated rings. The zero-order chi connectivity index (χ0) is 20.9. The molecule has 0 unspecified atom stereocenters. The highest BCUT2D eigenvalue weighted by Crippen LogP contribution is 2.41. The summed E-state index contributed by atoms with van der Waals surface area (Å²) in [7, 11) is 0. The van der Waals surface area contributed by atoms with Crippen molar-refractivity contribution in [3.05, 3.63) is 70.2 Å². The van der Waals surface area contributed by atoms with Gasteiger partial charge in [0.05, 0.1) is 10.6 Å². The van der Waals surface area contributed by atoms with Gasteiger partial charge in [-0.3, -0.25) is 10.1 Å². The Morgan fingerprint density at radius 1 is 1.20 bits per heavy atom. The molecule has 2 aromatic carbocycles. The van der Waals surface area contributed by atoms with E-state index >= 15 is 0 Å². The predicted molar refractivity (Wildman–Crippen MR) is 121 cm³/mol. The number of fused-ring (bicyclic) bond motifs is 2. The molecule has 1 aliphatic rings. The highest BCUT2D eigenvalue weighted by atomic mass is 32.1. The van der Waals surface area contributed by atoms with Crippen LogP contribution in [0.25, 0.3) is 27.4 Å². The number of hydrogen-bond acceptors (Lipinski definition) is 5. The fourth-order valence-electron chi connectivity index (χ4n) is 3.34. The van der Waals surface area contributed by atoms with E-state index in [-0.39, 0.29) is 11.7 Å². The summed E-state index contributed by atoms with van der Waals surface area (Å²) < 4.78 is 21.3. The van der Waals surface area contributed by atoms with Crippen molar-refractivity contribution < 1.29 is 13.9 Å². The van der Waals surface area contributed by atoms with E-state index in [0.717, 1.165) is 10.1 Å². The zero-order valence-corrected chi connectivity index (χ0v) is 17.9. The van der Waals surface area contributed by atoms with Crippen molar-refractivity contribution >= 4 is 49.9 Å². The van der Waals surface area contributed by atoms with Gasteiger partial charge in [-0.15, -0.1) is 22.7 Å². The van der Waals surface area contributed by atoms with Crippen LogP contribution in [-0.4, -0.2) is 16.5 Å². The minimum absolute atomic E-state index is 0.210. The van der Waals surface area contributed by atoms with Gasteiger partial charge in [0.1, 0.15) is 17.2 Å². The number of halogens is 1. The normalized spacial score (nSPS) is 14.4. The van der Waals surface area contributed by atoms with Gasteiger partial charge in [-0.05, 0) is 49.6 Å². The standard InChI is InChI=1S/C23H17FN2O2S2/c1-23(2)8-7-14-9-15(24)11-16(20(14)28-23)17-12-29-22(25-17)26-21(27)19-10-13-5-3-4-6-18(13)30-19/h3-12H,1-2H3,(H,25,26,27). The molecule has 4 aromatic rings. The van der Waals surface area contributed by atoms with Crippen LogP contribution in [0.1, 0.15) is 29.1 Å². The molecule has 3 heterocycles. The van der Waals surface area contributed by atoms with Gasteiger partial charge >= 0.3 is 0 Å². The summed E-state index contributed by atoms with van der Waals surface area (Å²) in [6, 6.07) is 12.6. The number of thiophene rings is 1. The van der Waals surface area contributed by atoms with Gasteiger partial charge in [0.25, 0.3) is 5.91 Å². The average molecular weight is 437 g/mol. The van der Waals surface area contributed by atoms with Crippen LogP contribution in [0, 0.1) is 5.82 Å². The number of nitrogens with one attached hydrogen (secondary N) is 1. The van der Waals surface area contributed by atoms with Crippen LogP contribution >= 0.6 is 22.7 Å². The monoisotopic (exact) mass is 436 g/mol. The van der Waals surface area contributed by atoms with E-state index < -0.39 is 5.60 Å².